The van der Waals surface area contributed by atoms with Crippen LogP contribution in [-0.4, -0.2) is 16.2 Å². The van der Waals surface area contributed by atoms with Crippen molar-refractivity contribution in [1.82, 2.24) is 0 Å². The molecule has 0 aliphatic rings. The fourth-order valence-corrected chi connectivity index (χ4v) is 1.24. The largest absolute Gasteiger partial charge is 0.481 e. The molecule has 0 aliphatic heterocycles. The highest BCUT2D eigenvalue weighted by Gasteiger charge is 2.09. The number of benzene rings is 1. The first-order valence-electron chi connectivity index (χ1n) is 4.53. The van der Waals surface area contributed by atoms with E-state index in [1.165, 1.54) is 0 Å². The van der Waals surface area contributed by atoms with E-state index in [4.69, 9.17) is 10.4 Å². The van der Waals surface area contributed by atoms with Gasteiger partial charge in [0.1, 0.15) is 0 Å². The van der Waals surface area contributed by atoms with Crippen LogP contribution in [-0.2, 0) is 4.79 Å². The van der Waals surface area contributed by atoms with Crippen LogP contribution in [0.1, 0.15) is 30.1 Å². The average molecular weight is 205 g/mol. The van der Waals surface area contributed by atoms with Gasteiger partial charge in [-0.3, -0.25) is 4.79 Å². The number of nitriles is 1. The summed E-state index contributed by atoms with van der Waals surface area (Å²) in [5.41, 5.74) is 1.04. The highest BCUT2D eigenvalue weighted by molar-refractivity contribution is 5.66. The van der Waals surface area contributed by atoms with Crippen molar-refractivity contribution in [2.75, 3.05) is 0 Å². The van der Waals surface area contributed by atoms with E-state index in [2.05, 4.69) is 0 Å². The van der Waals surface area contributed by atoms with Crippen molar-refractivity contribution in [3.63, 3.8) is 0 Å². The van der Waals surface area contributed by atoms with Crippen LogP contribution in [0.5, 0.6) is 0 Å². The van der Waals surface area contributed by atoms with Crippen LogP contribution in [0.15, 0.2) is 24.3 Å². The van der Waals surface area contributed by atoms with Crippen LogP contribution in [0.2, 0.25) is 0 Å². The molecule has 1 aromatic carbocycles. The SMILES string of the molecule is N#Cc1cccc(C(O)CCC(=O)O)c1. The Bertz CT molecular complexity index is 395. The number of rotatable bonds is 4. The Labute approximate surface area is 87.4 Å². The number of carbonyl (C=O) groups is 1. The minimum Gasteiger partial charge on any atom is -0.481 e. The first kappa shape index (κ1) is 11.2. The maximum atomic E-state index is 10.3. The summed E-state index contributed by atoms with van der Waals surface area (Å²) in [7, 11) is 0. The Morgan fingerprint density at radius 3 is 2.87 bits per heavy atom. The van der Waals surface area contributed by atoms with Crippen molar-refractivity contribution in [3.8, 4) is 6.07 Å². The first-order valence-corrected chi connectivity index (χ1v) is 4.53. The van der Waals surface area contributed by atoms with Gasteiger partial charge >= 0.3 is 5.97 Å². The maximum absolute atomic E-state index is 10.3. The maximum Gasteiger partial charge on any atom is 0.303 e. The van der Waals surface area contributed by atoms with Gasteiger partial charge in [0.15, 0.2) is 0 Å². The molecular weight excluding hydrogens is 194 g/mol. The molecule has 0 radical (unpaired) electrons. The monoisotopic (exact) mass is 205 g/mol. The van der Waals surface area contributed by atoms with Gasteiger partial charge in [-0.2, -0.15) is 5.26 Å². The van der Waals surface area contributed by atoms with Crippen molar-refractivity contribution in [2.24, 2.45) is 0 Å². The zero-order valence-corrected chi connectivity index (χ0v) is 8.05. The van der Waals surface area contributed by atoms with Crippen LogP contribution in [0.3, 0.4) is 0 Å². The number of aliphatic hydroxyl groups is 1. The molecule has 4 nitrogen and oxygen atoms in total. The molecule has 0 aromatic heterocycles. The van der Waals surface area contributed by atoms with E-state index in [1.807, 2.05) is 6.07 Å². The molecule has 0 bridgehead atoms. The molecule has 0 aliphatic carbocycles. The summed E-state index contributed by atoms with van der Waals surface area (Å²) in [5.74, 6) is -0.939. The second kappa shape index (κ2) is 5.13. The summed E-state index contributed by atoms with van der Waals surface area (Å²) in [4.78, 5) is 10.3. The third-order valence-electron chi connectivity index (χ3n) is 2.03. The van der Waals surface area contributed by atoms with Crippen LogP contribution >= 0.6 is 0 Å². The number of nitrogens with zero attached hydrogens (tertiary/aromatic N) is 1. The highest BCUT2D eigenvalue weighted by Crippen LogP contribution is 2.18. The normalized spacial score (nSPS) is 11.7. The summed E-state index contributed by atoms with van der Waals surface area (Å²) in [5, 5.41) is 26.7. The van der Waals surface area contributed by atoms with Crippen molar-refractivity contribution >= 4 is 5.97 Å². The van der Waals surface area contributed by atoms with Crippen LogP contribution in [0.4, 0.5) is 0 Å². The van der Waals surface area contributed by atoms with Gasteiger partial charge in [-0.25, -0.2) is 0 Å². The molecule has 2 N–H and O–H groups in total. The zero-order chi connectivity index (χ0) is 11.3. The lowest BCUT2D eigenvalue weighted by atomic mass is 10.0. The molecule has 0 amide bonds. The molecular formula is C11H11NO3. The lowest BCUT2D eigenvalue weighted by molar-refractivity contribution is -0.137. The molecule has 0 spiro atoms. The third-order valence-corrected chi connectivity index (χ3v) is 2.03. The quantitative estimate of drug-likeness (QED) is 0.779. The van der Waals surface area contributed by atoms with Crippen LogP contribution in [0.25, 0.3) is 0 Å². The Morgan fingerprint density at radius 2 is 2.27 bits per heavy atom. The van der Waals surface area contributed by atoms with E-state index in [1.54, 1.807) is 24.3 Å². The lowest BCUT2D eigenvalue weighted by Gasteiger charge is -2.09. The smallest absolute Gasteiger partial charge is 0.303 e. The third kappa shape index (κ3) is 3.41. The summed E-state index contributed by atoms with van der Waals surface area (Å²) in [6.45, 7) is 0. The summed E-state index contributed by atoms with van der Waals surface area (Å²) >= 11 is 0. The number of aliphatic hydroxyl groups excluding tert-OH is 1. The summed E-state index contributed by atoms with van der Waals surface area (Å²) in [6.07, 6.45) is -0.753. The fourth-order valence-electron chi connectivity index (χ4n) is 1.24. The molecule has 1 atom stereocenters. The van der Waals surface area contributed by atoms with Gasteiger partial charge in [0.25, 0.3) is 0 Å². The van der Waals surface area contributed by atoms with E-state index in [9.17, 15) is 9.90 Å². The zero-order valence-electron chi connectivity index (χ0n) is 8.05. The van der Waals surface area contributed by atoms with Gasteiger partial charge in [0.2, 0.25) is 0 Å². The van der Waals surface area contributed by atoms with Gasteiger partial charge in [-0.15, -0.1) is 0 Å². The van der Waals surface area contributed by atoms with E-state index in [-0.39, 0.29) is 12.8 Å². The van der Waals surface area contributed by atoms with Gasteiger partial charge in [0.05, 0.1) is 17.7 Å². The van der Waals surface area contributed by atoms with E-state index < -0.39 is 12.1 Å². The van der Waals surface area contributed by atoms with Crippen molar-refractivity contribution in [1.29, 1.82) is 5.26 Å². The highest BCUT2D eigenvalue weighted by atomic mass is 16.4. The summed E-state index contributed by atoms with van der Waals surface area (Å²) < 4.78 is 0. The van der Waals surface area contributed by atoms with Crippen molar-refractivity contribution < 1.29 is 15.0 Å². The fraction of sp³-hybridized carbons (Fsp3) is 0.273. The first-order chi connectivity index (χ1) is 7.13. The Balaban J connectivity index is 2.69. The number of hydrogen-bond acceptors (Lipinski definition) is 3. The molecule has 0 saturated carbocycles. The molecule has 0 heterocycles. The van der Waals surface area contributed by atoms with Gasteiger partial charge in [-0.05, 0) is 24.1 Å². The van der Waals surface area contributed by atoms with E-state index >= 15 is 0 Å². The topological polar surface area (TPSA) is 81.3 Å². The predicted molar refractivity (Wildman–Crippen MR) is 53.0 cm³/mol. The lowest BCUT2D eigenvalue weighted by Crippen LogP contribution is -2.02. The summed E-state index contributed by atoms with van der Waals surface area (Å²) in [6, 6.07) is 8.49. The van der Waals surface area contributed by atoms with Crippen molar-refractivity contribution in [2.45, 2.75) is 18.9 Å². The Kier molecular flexibility index (Phi) is 3.83. The van der Waals surface area contributed by atoms with Crippen LogP contribution < -0.4 is 0 Å². The molecule has 1 unspecified atom stereocenters. The molecule has 0 fully saturated rings. The second-order valence-electron chi connectivity index (χ2n) is 3.19. The number of aliphatic carboxylic acids is 1. The standard InChI is InChI=1S/C11H11NO3/c12-7-8-2-1-3-9(6-8)10(13)4-5-11(14)15/h1-3,6,10,13H,4-5H2,(H,14,15). The minimum atomic E-state index is -0.939. The van der Waals surface area contributed by atoms with Gasteiger partial charge in [0, 0.05) is 6.42 Å². The minimum absolute atomic E-state index is 0.0854. The molecule has 4 heteroatoms. The van der Waals surface area contributed by atoms with Gasteiger partial charge < -0.3 is 10.2 Å². The predicted octanol–water partition coefficient (Wildman–Crippen LogP) is 1.46. The van der Waals surface area contributed by atoms with E-state index in [0.717, 1.165) is 0 Å². The van der Waals surface area contributed by atoms with E-state index in [0.29, 0.717) is 11.1 Å². The van der Waals surface area contributed by atoms with Gasteiger partial charge in [-0.1, -0.05) is 12.1 Å². The Morgan fingerprint density at radius 1 is 1.53 bits per heavy atom. The molecule has 1 rings (SSSR count). The average Bonchev–Trinajstić information content (AvgIpc) is 2.26. The molecule has 78 valence electrons. The number of carboxylic acids is 1. The molecule has 1 aromatic rings. The number of carboxylic acid groups (broad SMARTS) is 1. The second-order valence-corrected chi connectivity index (χ2v) is 3.19. The van der Waals surface area contributed by atoms with Crippen molar-refractivity contribution in [3.05, 3.63) is 35.4 Å². The number of hydrogen-bond donors (Lipinski definition) is 2. The van der Waals surface area contributed by atoms with Crippen LogP contribution in [0, 0.1) is 11.3 Å². The molecule has 15 heavy (non-hydrogen) atoms. The molecule has 0 saturated heterocycles. The Hall–Kier alpha value is -1.86.